The second kappa shape index (κ2) is 5.01. The second-order valence-corrected chi connectivity index (χ2v) is 3.71. The number of hydrogen-bond donors (Lipinski definition) is 1. The fourth-order valence-corrected chi connectivity index (χ4v) is 1.49. The number of hydrogen-bond acceptors (Lipinski definition) is 3. The average Bonchev–Trinajstić information content (AvgIpc) is 2.73. The summed E-state index contributed by atoms with van der Waals surface area (Å²) in [6, 6.07) is 0.820. The van der Waals surface area contributed by atoms with Gasteiger partial charge in [-0.1, -0.05) is 6.07 Å². The summed E-state index contributed by atoms with van der Waals surface area (Å²) in [5.41, 5.74) is 4.61. The predicted octanol–water partition coefficient (Wildman–Crippen LogP) is 3.03. The zero-order valence-corrected chi connectivity index (χ0v) is 10.0. The first-order chi connectivity index (χ1) is 8.23. The molecule has 0 unspecified atom stereocenters. The SMILES string of the molecule is Cl.N[C@@H](c1ccc2c(c1)OCO2)C(F)(F)C(F)(F)F. The van der Waals surface area contributed by atoms with Gasteiger partial charge in [0.15, 0.2) is 11.5 Å². The fraction of sp³-hybridized carbons (Fsp3) is 0.400. The summed E-state index contributed by atoms with van der Waals surface area (Å²) in [5, 5.41) is 0. The van der Waals surface area contributed by atoms with Crippen LogP contribution in [0.15, 0.2) is 18.2 Å². The van der Waals surface area contributed by atoms with Gasteiger partial charge >= 0.3 is 12.1 Å². The third kappa shape index (κ3) is 2.69. The van der Waals surface area contributed by atoms with Gasteiger partial charge in [-0.15, -0.1) is 12.4 Å². The summed E-state index contributed by atoms with van der Waals surface area (Å²) >= 11 is 0. The lowest BCUT2D eigenvalue weighted by atomic mass is 10.0. The fourth-order valence-electron chi connectivity index (χ4n) is 1.49. The van der Waals surface area contributed by atoms with Crippen LogP contribution in [0.4, 0.5) is 22.0 Å². The summed E-state index contributed by atoms with van der Waals surface area (Å²) in [6.45, 7) is -0.107. The van der Waals surface area contributed by atoms with Gasteiger partial charge in [0.05, 0.1) is 0 Å². The molecule has 9 heteroatoms. The number of benzene rings is 1. The van der Waals surface area contributed by atoms with Crippen molar-refractivity contribution in [2.24, 2.45) is 5.73 Å². The Kier molecular flexibility index (Phi) is 4.16. The highest BCUT2D eigenvalue weighted by molar-refractivity contribution is 5.85. The summed E-state index contributed by atoms with van der Waals surface area (Å²) in [7, 11) is 0. The van der Waals surface area contributed by atoms with E-state index in [1.165, 1.54) is 6.07 Å². The van der Waals surface area contributed by atoms with Crippen LogP contribution in [0.5, 0.6) is 11.5 Å². The Bertz CT molecular complexity index is 466. The van der Waals surface area contributed by atoms with Gasteiger partial charge in [0, 0.05) is 0 Å². The first-order valence-corrected chi connectivity index (χ1v) is 4.83. The molecule has 0 saturated carbocycles. The Hall–Kier alpha value is -1.28. The molecule has 1 atom stereocenters. The summed E-state index contributed by atoms with van der Waals surface area (Å²) in [6.07, 6.45) is -5.71. The molecule has 0 fully saturated rings. The Morgan fingerprint density at radius 3 is 2.21 bits per heavy atom. The molecule has 2 rings (SSSR count). The van der Waals surface area contributed by atoms with Gasteiger partial charge < -0.3 is 15.2 Å². The lowest BCUT2D eigenvalue weighted by Crippen LogP contribution is -2.45. The molecule has 1 aliphatic heterocycles. The molecule has 1 aliphatic rings. The molecule has 0 aliphatic carbocycles. The number of alkyl halides is 5. The van der Waals surface area contributed by atoms with Crippen LogP contribution in [0.3, 0.4) is 0 Å². The maximum Gasteiger partial charge on any atom is 0.455 e. The standard InChI is InChI=1S/C10H8F5NO2.ClH/c11-9(12,10(13,14)15)8(16)5-1-2-6-7(3-5)18-4-17-6;/h1-3,8H,4,16H2;1H/t8-;/m0./s1. The van der Waals surface area contributed by atoms with E-state index < -0.39 is 18.1 Å². The van der Waals surface area contributed by atoms with Crippen molar-refractivity contribution in [3.8, 4) is 11.5 Å². The quantitative estimate of drug-likeness (QED) is 0.854. The van der Waals surface area contributed by atoms with Crippen molar-refractivity contribution in [1.29, 1.82) is 0 Å². The zero-order chi connectivity index (χ0) is 13.6. The van der Waals surface area contributed by atoms with Gasteiger partial charge in [-0.05, 0) is 17.7 Å². The van der Waals surface area contributed by atoms with Crippen molar-refractivity contribution in [3.63, 3.8) is 0 Å². The Morgan fingerprint density at radius 2 is 1.63 bits per heavy atom. The van der Waals surface area contributed by atoms with Crippen molar-refractivity contribution in [2.45, 2.75) is 18.1 Å². The molecule has 2 N–H and O–H groups in total. The minimum Gasteiger partial charge on any atom is -0.454 e. The Balaban J connectivity index is 0.00000180. The van der Waals surface area contributed by atoms with Crippen molar-refractivity contribution in [2.75, 3.05) is 6.79 Å². The minimum atomic E-state index is -5.71. The van der Waals surface area contributed by atoms with Crippen LogP contribution in [-0.2, 0) is 0 Å². The molecule has 0 spiro atoms. The van der Waals surface area contributed by atoms with Crippen LogP contribution < -0.4 is 15.2 Å². The van der Waals surface area contributed by atoms with Crippen LogP contribution >= 0.6 is 12.4 Å². The predicted molar refractivity (Wildman–Crippen MR) is 57.7 cm³/mol. The number of fused-ring (bicyclic) bond motifs is 1. The maximum atomic E-state index is 13.0. The van der Waals surface area contributed by atoms with Gasteiger partial charge in [0.25, 0.3) is 0 Å². The molecule has 0 amide bonds. The second-order valence-electron chi connectivity index (χ2n) is 3.71. The third-order valence-corrected chi connectivity index (χ3v) is 2.52. The monoisotopic (exact) mass is 305 g/mol. The highest BCUT2D eigenvalue weighted by Crippen LogP contribution is 2.44. The van der Waals surface area contributed by atoms with E-state index in [9.17, 15) is 22.0 Å². The molecule has 1 aromatic carbocycles. The number of halogens is 6. The van der Waals surface area contributed by atoms with Crippen LogP contribution in [0.25, 0.3) is 0 Å². The molecule has 108 valence electrons. The number of rotatable bonds is 2. The van der Waals surface area contributed by atoms with Crippen LogP contribution in [0, 0.1) is 0 Å². The van der Waals surface area contributed by atoms with E-state index in [4.69, 9.17) is 15.2 Å². The van der Waals surface area contributed by atoms with E-state index in [-0.39, 0.29) is 36.3 Å². The molecular formula is C10H9ClF5NO2. The van der Waals surface area contributed by atoms with Gasteiger partial charge in [-0.2, -0.15) is 22.0 Å². The largest absolute Gasteiger partial charge is 0.455 e. The Morgan fingerprint density at radius 1 is 1.05 bits per heavy atom. The molecule has 19 heavy (non-hydrogen) atoms. The third-order valence-electron chi connectivity index (χ3n) is 2.52. The van der Waals surface area contributed by atoms with Crippen molar-refractivity contribution >= 4 is 12.4 Å². The van der Waals surface area contributed by atoms with Gasteiger partial charge in [0.2, 0.25) is 6.79 Å². The molecule has 1 aromatic rings. The molecule has 0 saturated heterocycles. The average molecular weight is 306 g/mol. The summed E-state index contributed by atoms with van der Waals surface area (Å²) in [4.78, 5) is 0. The van der Waals surface area contributed by atoms with Crippen molar-refractivity contribution in [3.05, 3.63) is 23.8 Å². The van der Waals surface area contributed by atoms with Crippen LogP contribution in [0.1, 0.15) is 11.6 Å². The highest BCUT2D eigenvalue weighted by atomic mass is 35.5. The molecule has 3 nitrogen and oxygen atoms in total. The van der Waals surface area contributed by atoms with E-state index in [0.717, 1.165) is 12.1 Å². The van der Waals surface area contributed by atoms with Gasteiger partial charge in [-0.3, -0.25) is 0 Å². The Labute approximate surface area is 110 Å². The lowest BCUT2D eigenvalue weighted by Gasteiger charge is -2.25. The van der Waals surface area contributed by atoms with Gasteiger partial charge in [-0.25, -0.2) is 0 Å². The molecule has 0 radical (unpaired) electrons. The van der Waals surface area contributed by atoms with E-state index in [2.05, 4.69) is 0 Å². The first kappa shape index (κ1) is 15.8. The first-order valence-electron chi connectivity index (χ1n) is 4.83. The van der Waals surface area contributed by atoms with E-state index >= 15 is 0 Å². The lowest BCUT2D eigenvalue weighted by molar-refractivity contribution is -0.291. The van der Waals surface area contributed by atoms with Crippen LogP contribution in [0.2, 0.25) is 0 Å². The van der Waals surface area contributed by atoms with Gasteiger partial charge in [0.1, 0.15) is 6.04 Å². The van der Waals surface area contributed by atoms with E-state index in [1.807, 2.05) is 0 Å². The number of ether oxygens (including phenoxy) is 2. The molecule has 0 bridgehead atoms. The minimum absolute atomic E-state index is 0. The maximum absolute atomic E-state index is 13.0. The topological polar surface area (TPSA) is 44.5 Å². The molecule has 0 aromatic heterocycles. The molecule has 1 heterocycles. The summed E-state index contributed by atoms with van der Waals surface area (Å²) < 4.78 is 72.3. The summed E-state index contributed by atoms with van der Waals surface area (Å²) in [5.74, 6) is -4.64. The molecular weight excluding hydrogens is 297 g/mol. The normalized spacial score (nSPS) is 15.9. The van der Waals surface area contributed by atoms with E-state index in [1.54, 1.807) is 0 Å². The van der Waals surface area contributed by atoms with Crippen molar-refractivity contribution < 1.29 is 31.4 Å². The zero-order valence-electron chi connectivity index (χ0n) is 9.21. The van der Waals surface area contributed by atoms with E-state index in [0.29, 0.717) is 0 Å². The smallest absolute Gasteiger partial charge is 0.454 e. The van der Waals surface area contributed by atoms with Crippen LogP contribution in [-0.4, -0.2) is 18.9 Å². The highest BCUT2D eigenvalue weighted by Gasteiger charge is 2.61. The number of nitrogens with two attached hydrogens (primary N) is 1. The van der Waals surface area contributed by atoms with Crippen molar-refractivity contribution in [1.82, 2.24) is 0 Å².